The topological polar surface area (TPSA) is 47.6 Å². The maximum absolute atomic E-state index is 12.6. The third-order valence-electron chi connectivity index (χ3n) is 4.46. The molecule has 1 amide bonds. The van der Waals surface area contributed by atoms with E-state index in [1.807, 2.05) is 77.1 Å². The Balaban J connectivity index is 1.91. The third-order valence-corrected chi connectivity index (χ3v) is 4.46. The van der Waals surface area contributed by atoms with Gasteiger partial charge in [0.05, 0.1) is 6.04 Å². The molecule has 0 bridgehead atoms. The van der Waals surface area contributed by atoms with E-state index in [4.69, 9.17) is 9.47 Å². The van der Waals surface area contributed by atoms with Gasteiger partial charge in [0.2, 0.25) is 0 Å². The number of para-hydroxylation sites is 1. The van der Waals surface area contributed by atoms with E-state index in [1.165, 1.54) is 0 Å². The molecule has 0 fully saturated rings. The number of ether oxygens (including phenoxy) is 2. The lowest BCUT2D eigenvalue weighted by atomic mass is 10.1. The van der Waals surface area contributed by atoms with E-state index >= 15 is 0 Å². The molecule has 0 aliphatic rings. The zero-order valence-corrected chi connectivity index (χ0v) is 16.3. The molecule has 2 aromatic carbocycles. The van der Waals surface area contributed by atoms with Gasteiger partial charge in [-0.1, -0.05) is 37.3 Å². The molecule has 2 rings (SSSR count). The number of amides is 1. The van der Waals surface area contributed by atoms with Gasteiger partial charge in [0.1, 0.15) is 18.1 Å². The molecule has 1 N–H and O–H groups in total. The summed E-state index contributed by atoms with van der Waals surface area (Å²) in [6.45, 7) is 10.3. The van der Waals surface area contributed by atoms with Crippen molar-refractivity contribution < 1.29 is 14.3 Å². The van der Waals surface area contributed by atoms with Crippen molar-refractivity contribution in [1.29, 1.82) is 0 Å². The summed E-state index contributed by atoms with van der Waals surface area (Å²) in [7, 11) is 0. The Morgan fingerprint density at radius 2 is 1.65 bits per heavy atom. The lowest BCUT2D eigenvalue weighted by Crippen LogP contribution is -2.44. The molecule has 0 saturated heterocycles. The minimum Gasteiger partial charge on any atom is -0.491 e. The fraction of sp³-hybridized carbons (Fsp3) is 0.409. The predicted molar refractivity (Wildman–Crippen MR) is 105 cm³/mol. The fourth-order valence-electron chi connectivity index (χ4n) is 2.64. The number of aryl methyl sites for hydroxylation is 2. The van der Waals surface area contributed by atoms with Crippen LogP contribution in [0.4, 0.5) is 0 Å². The molecule has 0 heterocycles. The van der Waals surface area contributed by atoms with E-state index < -0.39 is 6.10 Å². The number of rotatable bonds is 8. The van der Waals surface area contributed by atoms with Crippen molar-refractivity contribution >= 4 is 5.91 Å². The second-order valence-corrected chi connectivity index (χ2v) is 6.70. The van der Waals surface area contributed by atoms with Crippen LogP contribution in [0, 0.1) is 20.8 Å². The number of benzene rings is 2. The van der Waals surface area contributed by atoms with Gasteiger partial charge in [-0.3, -0.25) is 4.79 Å². The SMILES string of the molecule is CC[C@@H](Oc1cccc(C)c1C)C(=O)N[C@H](C)COc1ccccc1C. The number of carbonyl (C=O) groups is 1. The van der Waals surface area contributed by atoms with Crippen LogP contribution in [0.25, 0.3) is 0 Å². The summed E-state index contributed by atoms with van der Waals surface area (Å²) in [6, 6.07) is 13.6. The molecule has 0 unspecified atom stereocenters. The first-order valence-electron chi connectivity index (χ1n) is 9.14. The molecule has 0 radical (unpaired) electrons. The highest BCUT2D eigenvalue weighted by Crippen LogP contribution is 2.22. The Kier molecular flexibility index (Phi) is 7.07. The van der Waals surface area contributed by atoms with Crippen LogP contribution in [-0.2, 0) is 4.79 Å². The molecule has 0 aliphatic heterocycles. The molecular weight excluding hydrogens is 326 g/mol. The lowest BCUT2D eigenvalue weighted by molar-refractivity contribution is -0.129. The Labute approximate surface area is 156 Å². The Hall–Kier alpha value is -2.49. The standard InChI is InChI=1S/C22H29NO3/c1-6-19(26-21-13-9-11-15(2)18(21)5)22(24)23-17(4)14-25-20-12-8-7-10-16(20)3/h7-13,17,19H,6,14H2,1-5H3,(H,23,24)/t17-,19-/m1/s1. The molecule has 0 aromatic heterocycles. The quantitative estimate of drug-likeness (QED) is 0.766. The van der Waals surface area contributed by atoms with Gasteiger partial charge in [-0.25, -0.2) is 0 Å². The number of carbonyl (C=O) groups excluding carboxylic acids is 1. The first kappa shape index (κ1) is 19.8. The zero-order chi connectivity index (χ0) is 19.1. The highest BCUT2D eigenvalue weighted by molar-refractivity contribution is 5.81. The number of hydrogen-bond acceptors (Lipinski definition) is 3. The minimum atomic E-state index is -0.517. The van der Waals surface area contributed by atoms with Gasteiger partial charge in [-0.15, -0.1) is 0 Å². The zero-order valence-electron chi connectivity index (χ0n) is 16.3. The van der Waals surface area contributed by atoms with E-state index in [2.05, 4.69) is 5.32 Å². The minimum absolute atomic E-state index is 0.113. The average Bonchev–Trinajstić information content (AvgIpc) is 2.62. The molecule has 26 heavy (non-hydrogen) atoms. The molecule has 2 aromatic rings. The predicted octanol–water partition coefficient (Wildman–Crippen LogP) is 4.35. The summed E-state index contributed by atoms with van der Waals surface area (Å²) in [4.78, 5) is 12.6. The fourth-order valence-corrected chi connectivity index (χ4v) is 2.64. The van der Waals surface area contributed by atoms with Crippen molar-refractivity contribution in [2.24, 2.45) is 0 Å². The van der Waals surface area contributed by atoms with Crippen LogP contribution in [0.5, 0.6) is 11.5 Å². The van der Waals surface area contributed by atoms with E-state index in [0.29, 0.717) is 13.0 Å². The number of hydrogen-bond donors (Lipinski definition) is 1. The van der Waals surface area contributed by atoms with Crippen LogP contribution in [0.3, 0.4) is 0 Å². The summed E-state index contributed by atoms with van der Waals surface area (Å²) in [6.07, 6.45) is 0.0846. The highest BCUT2D eigenvalue weighted by Gasteiger charge is 2.21. The molecule has 2 atom stereocenters. The highest BCUT2D eigenvalue weighted by atomic mass is 16.5. The summed E-state index contributed by atoms with van der Waals surface area (Å²) >= 11 is 0. The van der Waals surface area contributed by atoms with Crippen molar-refractivity contribution in [3.05, 3.63) is 59.2 Å². The molecular formula is C22H29NO3. The van der Waals surface area contributed by atoms with Crippen molar-refractivity contribution in [2.75, 3.05) is 6.61 Å². The van der Waals surface area contributed by atoms with Gasteiger partial charge in [0.15, 0.2) is 6.10 Å². The maximum Gasteiger partial charge on any atom is 0.261 e. The normalized spacial score (nSPS) is 13.0. The second kappa shape index (κ2) is 9.27. The molecule has 0 aliphatic carbocycles. The Morgan fingerprint density at radius 1 is 1.00 bits per heavy atom. The van der Waals surface area contributed by atoms with Gasteiger partial charge in [-0.05, 0) is 62.9 Å². The van der Waals surface area contributed by atoms with Gasteiger partial charge in [-0.2, -0.15) is 0 Å². The summed E-state index contributed by atoms with van der Waals surface area (Å²) in [5.74, 6) is 1.48. The van der Waals surface area contributed by atoms with Crippen LogP contribution in [-0.4, -0.2) is 24.7 Å². The van der Waals surface area contributed by atoms with Crippen LogP contribution < -0.4 is 14.8 Å². The summed E-state index contributed by atoms with van der Waals surface area (Å²) in [5.41, 5.74) is 3.29. The maximum atomic E-state index is 12.6. The first-order chi connectivity index (χ1) is 12.4. The summed E-state index contributed by atoms with van der Waals surface area (Å²) < 4.78 is 11.8. The van der Waals surface area contributed by atoms with Crippen LogP contribution >= 0.6 is 0 Å². The van der Waals surface area contributed by atoms with Crippen LogP contribution in [0.15, 0.2) is 42.5 Å². The van der Waals surface area contributed by atoms with Crippen molar-refractivity contribution in [1.82, 2.24) is 5.32 Å². The lowest BCUT2D eigenvalue weighted by Gasteiger charge is -2.22. The van der Waals surface area contributed by atoms with E-state index in [9.17, 15) is 4.79 Å². The Morgan fingerprint density at radius 3 is 2.35 bits per heavy atom. The average molecular weight is 355 g/mol. The second-order valence-electron chi connectivity index (χ2n) is 6.70. The molecule has 4 nitrogen and oxygen atoms in total. The largest absolute Gasteiger partial charge is 0.491 e. The van der Waals surface area contributed by atoms with Crippen molar-refractivity contribution in [3.63, 3.8) is 0 Å². The number of nitrogens with one attached hydrogen (secondary N) is 1. The molecule has 140 valence electrons. The van der Waals surface area contributed by atoms with E-state index in [-0.39, 0.29) is 11.9 Å². The molecule has 4 heteroatoms. The van der Waals surface area contributed by atoms with Crippen LogP contribution in [0.2, 0.25) is 0 Å². The van der Waals surface area contributed by atoms with Crippen LogP contribution in [0.1, 0.15) is 37.0 Å². The van der Waals surface area contributed by atoms with Gasteiger partial charge in [0.25, 0.3) is 5.91 Å². The monoisotopic (exact) mass is 355 g/mol. The van der Waals surface area contributed by atoms with Crippen molar-refractivity contribution in [3.8, 4) is 11.5 Å². The molecule has 0 saturated carbocycles. The van der Waals surface area contributed by atoms with Gasteiger partial charge in [0, 0.05) is 0 Å². The summed E-state index contributed by atoms with van der Waals surface area (Å²) in [5, 5.41) is 2.99. The third kappa shape index (κ3) is 5.25. The van der Waals surface area contributed by atoms with E-state index in [1.54, 1.807) is 0 Å². The smallest absolute Gasteiger partial charge is 0.261 e. The molecule has 0 spiro atoms. The Bertz CT molecular complexity index is 742. The first-order valence-corrected chi connectivity index (χ1v) is 9.14. The van der Waals surface area contributed by atoms with E-state index in [0.717, 1.165) is 28.2 Å². The van der Waals surface area contributed by atoms with Crippen molar-refractivity contribution in [2.45, 2.75) is 53.2 Å². The van der Waals surface area contributed by atoms with Gasteiger partial charge >= 0.3 is 0 Å². The van der Waals surface area contributed by atoms with Gasteiger partial charge < -0.3 is 14.8 Å².